The maximum Gasteiger partial charge on any atom is 0.273 e. The first-order valence-corrected chi connectivity index (χ1v) is 7.38. The number of hydrogen-bond donors (Lipinski definition) is 1. The Morgan fingerprint density at radius 2 is 1.87 bits per heavy atom. The number of carbonyl (C=O) groups excluding carboxylic acids is 1. The van der Waals surface area contributed by atoms with Crippen molar-refractivity contribution in [3.8, 4) is 5.75 Å². The second-order valence-electron chi connectivity index (χ2n) is 4.76. The maximum atomic E-state index is 12.1. The van der Waals surface area contributed by atoms with Gasteiger partial charge in [-0.05, 0) is 42.3 Å². The highest BCUT2D eigenvalue weighted by molar-refractivity contribution is 5.85. The molecule has 2 rings (SSSR count). The van der Waals surface area contributed by atoms with Gasteiger partial charge in [-0.25, -0.2) is 5.43 Å². The molecule has 2 aromatic carbocycles. The zero-order chi connectivity index (χ0) is 16.5. The van der Waals surface area contributed by atoms with Crippen LogP contribution in [0.4, 0.5) is 0 Å². The van der Waals surface area contributed by atoms with E-state index in [0.29, 0.717) is 6.61 Å². The summed E-state index contributed by atoms with van der Waals surface area (Å²) in [5.41, 5.74) is 4.14. The van der Waals surface area contributed by atoms with E-state index in [0.717, 1.165) is 16.9 Å². The van der Waals surface area contributed by atoms with Crippen molar-refractivity contribution in [2.75, 3.05) is 13.7 Å². The number of carbonyl (C=O) groups is 1. The normalized spacial score (nSPS) is 12.1. The van der Waals surface area contributed by atoms with Crippen LogP contribution in [-0.4, -0.2) is 25.8 Å². The molecule has 120 valence electrons. The minimum absolute atomic E-state index is 0.319. The highest BCUT2D eigenvalue weighted by atomic mass is 16.5. The first-order valence-electron chi connectivity index (χ1n) is 7.38. The van der Waals surface area contributed by atoms with Crippen LogP contribution in [0.25, 0.3) is 0 Å². The van der Waals surface area contributed by atoms with Crippen molar-refractivity contribution in [1.29, 1.82) is 0 Å². The number of rotatable bonds is 7. The van der Waals surface area contributed by atoms with Gasteiger partial charge in [0.2, 0.25) is 0 Å². The van der Waals surface area contributed by atoms with Crippen LogP contribution in [0.1, 0.15) is 24.2 Å². The van der Waals surface area contributed by atoms with Crippen molar-refractivity contribution < 1.29 is 14.3 Å². The van der Waals surface area contributed by atoms with E-state index in [1.165, 1.54) is 7.11 Å². The standard InChI is InChI=1S/C18H20N2O3/c1-3-23-16-11-9-14(10-12-16)13-19-20-18(21)17(22-2)15-7-5-4-6-8-15/h4-13,17H,3H2,1-2H3,(H,20,21)/b19-13-/t17-/m1/s1. The highest BCUT2D eigenvalue weighted by Crippen LogP contribution is 2.16. The molecule has 0 heterocycles. The molecular weight excluding hydrogens is 292 g/mol. The summed E-state index contributed by atoms with van der Waals surface area (Å²) in [6.45, 7) is 2.56. The summed E-state index contributed by atoms with van der Waals surface area (Å²) < 4.78 is 10.6. The largest absolute Gasteiger partial charge is 0.494 e. The second kappa shape index (κ2) is 8.70. The Bertz CT molecular complexity index is 639. The van der Waals surface area contributed by atoms with E-state index < -0.39 is 6.10 Å². The van der Waals surface area contributed by atoms with Crippen molar-refractivity contribution in [3.63, 3.8) is 0 Å². The quantitative estimate of drug-likeness (QED) is 0.631. The summed E-state index contributed by atoms with van der Waals surface area (Å²) in [7, 11) is 1.49. The zero-order valence-electron chi connectivity index (χ0n) is 13.2. The molecule has 0 spiro atoms. The lowest BCUT2D eigenvalue weighted by atomic mass is 10.1. The zero-order valence-corrected chi connectivity index (χ0v) is 13.2. The van der Waals surface area contributed by atoms with Gasteiger partial charge in [0.1, 0.15) is 5.75 Å². The molecule has 0 fully saturated rings. The summed E-state index contributed by atoms with van der Waals surface area (Å²) in [6, 6.07) is 16.7. The molecule has 0 bridgehead atoms. The molecule has 0 aliphatic carbocycles. The molecule has 23 heavy (non-hydrogen) atoms. The van der Waals surface area contributed by atoms with Crippen molar-refractivity contribution in [3.05, 3.63) is 65.7 Å². The molecule has 1 amide bonds. The van der Waals surface area contributed by atoms with Crippen LogP contribution in [-0.2, 0) is 9.53 Å². The maximum absolute atomic E-state index is 12.1. The Balaban J connectivity index is 1.94. The number of benzene rings is 2. The topological polar surface area (TPSA) is 59.9 Å². The van der Waals surface area contributed by atoms with E-state index in [9.17, 15) is 4.79 Å². The number of nitrogens with one attached hydrogen (secondary N) is 1. The van der Waals surface area contributed by atoms with Crippen LogP contribution in [0, 0.1) is 0 Å². The third-order valence-electron chi connectivity index (χ3n) is 3.16. The highest BCUT2D eigenvalue weighted by Gasteiger charge is 2.18. The fraction of sp³-hybridized carbons (Fsp3) is 0.222. The van der Waals surface area contributed by atoms with E-state index in [1.54, 1.807) is 6.21 Å². The van der Waals surface area contributed by atoms with Crippen molar-refractivity contribution in [1.82, 2.24) is 5.43 Å². The molecule has 0 aliphatic heterocycles. The van der Waals surface area contributed by atoms with E-state index in [2.05, 4.69) is 10.5 Å². The average molecular weight is 312 g/mol. The molecule has 0 aliphatic rings. The lowest BCUT2D eigenvalue weighted by Gasteiger charge is -2.13. The van der Waals surface area contributed by atoms with Gasteiger partial charge in [0, 0.05) is 7.11 Å². The average Bonchev–Trinajstić information content (AvgIpc) is 2.58. The summed E-state index contributed by atoms with van der Waals surface area (Å²) in [6.07, 6.45) is 0.888. The second-order valence-corrected chi connectivity index (χ2v) is 4.76. The molecule has 0 unspecified atom stereocenters. The number of methoxy groups -OCH3 is 1. The first-order chi connectivity index (χ1) is 11.2. The van der Waals surface area contributed by atoms with Gasteiger partial charge >= 0.3 is 0 Å². The molecule has 0 saturated heterocycles. The Morgan fingerprint density at radius 3 is 2.48 bits per heavy atom. The SMILES string of the molecule is CCOc1ccc(/C=N\NC(=O)[C@H](OC)c2ccccc2)cc1. The minimum atomic E-state index is -0.686. The van der Waals surface area contributed by atoms with Gasteiger partial charge in [0.15, 0.2) is 6.10 Å². The summed E-state index contributed by atoms with van der Waals surface area (Å²) in [4.78, 5) is 12.1. The number of amides is 1. The Labute approximate surface area is 135 Å². The van der Waals surface area contributed by atoms with Gasteiger partial charge in [-0.3, -0.25) is 4.79 Å². The van der Waals surface area contributed by atoms with Crippen molar-refractivity contribution >= 4 is 12.1 Å². The predicted molar refractivity (Wildman–Crippen MR) is 89.5 cm³/mol. The Hall–Kier alpha value is -2.66. The fourth-order valence-corrected chi connectivity index (χ4v) is 2.07. The molecule has 2 aromatic rings. The van der Waals surface area contributed by atoms with Gasteiger partial charge in [-0.15, -0.1) is 0 Å². The summed E-state index contributed by atoms with van der Waals surface area (Å²) >= 11 is 0. The van der Waals surface area contributed by atoms with Crippen LogP contribution in [0.2, 0.25) is 0 Å². The van der Waals surface area contributed by atoms with Gasteiger partial charge < -0.3 is 9.47 Å². The molecule has 0 aromatic heterocycles. The molecule has 1 N–H and O–H groups in total. The van der Waals surface area contributed by atoms with Gasteiger partial charge in [-0.2, -0.15) is 5.10 Å². The first kappa shape index (κ1) is 16.7. The molecule has 5 heteroatoms. The predicted octanol–water partition coefficient (Wildman–Crippen LogP) is 2.92. The minimum Gasteiger partial charge on any atom is -0.494 e. The van der Waals surface area contributed by atoms with E-state index in [-0.39, 0.29) is 5.91 Å². The van der Waals surface area contributed by atoms with Crippen LogP contribution in [0.3, 0.4) is 0 Å². The molecule has 5 nitrogen and oxygen atoms in total. The monoisotopic (exact) mass is 312 g/mol. The molecular formula is C18H20N2O3. The lowest BCUT2D eigenvalue weighted by molar-refractivity contribution is -0.131. The van der Waals surface area contributed by atoms with E-state index >= 15 is 0 Å². The van der Waals surface area contributed by atoms with Crippen LogP contribution < -0.4 is 10.2 Å². The number of nitrogens with zero attached hydrogens (tertiary/aromatic N) is 1. The summed E-state index contributed by atoms with van der Waals surface area (Å²) in [5, 5.41) is 3.97. The summed E-state index contributed by atoms with van der Waals surface area (Å²) in [5.74, 6) is 0.484. The molecule has 0 radical (unpaired) electrons. The van der Waals surface area contributed by atoms with Crippen LogP contribution in [0.15, 0.2) is 59.7 Å². The number of ether oxygens (including phenoxy) is 2. The van der Waals surface area contributed by atoms with Gasteiger partial charge in [0.05, 0.1) is 12.8 Å². The van der Waals surface area contributed by atoms with Gasteiger partial charge in [0.25, 0.3) is 5.91 Å². The van der Waals surface area contributed by atoms with Crippen LogP contribution >= 0.6 is 0 Å². The van der Waals surface area contributed by atoms with Crippen molar-refractivity contribution in [2.24, 2.45) is 5.10 Å². The van der Waals surface area contributed by atoms with E-state index in [1.807, 2.05) is 61.5 Å². The fourth-order valence-electron chi connectivity index (χ4n) is 2.07. The Morgan fingerprint density at radius 1 is 1.17 bits per heavy atom. The smallest absolute Gasteiger partial charge is 0.273 e. The lowest BCUT2D eigenvalue weighted by Crippen LogP contribution is -2.26. The van der Waals surface area contributed by atoms with Crippen molar-refractivity contribution in [2.45, 2.75) is 13.0 Å². The molecule has 0 saturated carbocycles. The molecule has 1 atom stereocenters. The third kappa shape index (κ3) is 4.93. The third-order valence-corrected chi connectivity index (χ3v) is 3.16. The van der Waals surface area contributed by atoms with Crippen LogP contribution in [0.5, 0.6) is 5.75 Å². The van der Waals surface area contributed by atoms with E-state index in [4.69, 9.17) is 9.47 Å². The number of hydrazone groups is 1. The number of hydrogen-bond acceptors (Lipinski definition) is 4. The Kier molecular flexibility index (Phi) is 6.32. The van der Waals surface area contributed by atoms with Gasteiger partial charge in [-0.1, -0.05) is 30.3 Å².